The summed E-state index contributed by atoms with van der Waals surface area (Å²) in [6.45, 7) is 2.97. The topological polar surface area (TPSA) is 202 Å². The predicted molar refractivity (Wildman–Crippen MR) is 91.4 cm³/mol. The molecule has 5 atom stereocenters. The van der Waals surface area contributed by atoms with Gasteiger partial charge in [-0.3, -0.25) is 29.4 Å². The highest BCUT2D eigenvalue weighted by Gasteiger charge is 2.57. The molecule has 2 heterocycles. The van der Waals surface area contributed by atoms with Crippen molar-refractivity contribution in [1.82, 2.24) is 10.2 Å². The van der Waals surface area contributed by atoms with E-state index in [0.717, 1.165) is 25.7 Å². The SMILES string of the molecule is CC(=O)OC[C@H]1O[C@@H](N2C(=O)NC(=O)C2N=C(N)N)[C@H](OC(C)=O)[C@@H]1OC(C)=O. The van der Waals surface area contributed by atoms with Gasteiger partial charge in [0.05, 0.1) is 0 Å². The van der Waals surface area contributed by atoms with E-state index in [-0.39, 0.29) is 6.61 Å². The minimum Gasteiger partial charge on any atom is -0.463 e. The number of carbonyl (C=O) groups is 5. The molecule has 160 valence electrons. The predicted octanol–water partition coefficient (Wildman–Crippen LogP) is -2.71. The zero-order chi connectivity index (χ0) is 21.9. The van der Waals surface area contributed by atoms with E-state index in [1.54, 1.807) is 0 Å². The van der Waals surface area contributed by atoms with Gasteiger partial charge in [0.2, 0.25) is 6.17 Å². The highest BCUT2D eigenvalue weighted by Crippen LogP contribution is 2.32. The van der Waals surface area contributed by atoms with Gasteiger partial charge in [-0.1, -0.05) is 0 Å². The van der Waals surface area contributed by atoms with Crippen LogP contribution in [0.1, 0.15) is 20.8 Å². The molecule has 14 heteroatoms. The Balaban J connectivity index is 2.42. The molecule has 0 aliphatic carbocycles. The number of amides is 3. The van der Waals surface area contributed by atoms with Gasteiger partial charge in [-0.2, -0.15) is 0 Å². The quantitative estimate of drug-likeness (QED) is 0.134. The molecule has 2 saturated heterocycles. The first-order valence-corrected chi connectivity index (χ1v) is 8.36. The van der Waals surface area contributed by atoms with Crippen LogP contribution in [0.5, 0.6) is 0 Å². The second kappa shape index (κ2) is 8.72. The third-order valence-corrected chi connectivity index (χ3v) is 3.85. The van der Waals surface area contributed by atoms with E-state index in [0.29, 0.717) is 0 Å². The highest BCUT2D eigenvalue weighted by atomic mass is 16.7. The first-order chi connectivity index (χ1) is 13.5. The lowest BCUT2D eigenvalue weighted by Gasteiger charge is -2.29. The molecule has 0 aromatic heterocycles. The van der Waals surface area contributed by atoms with Crippen molar-refractivity contribution >= 4 is 35.8 Å². The average Bonchev–Trinajstić information content (AvgIpc) is 3.02. The molecule has 0 radical (unpaired) electrons. The number of rotatable bonds is 6. The molecule has 29 heavy (non-hydrogen) atoms. The van der Waals surface area contributed by atoms with E-state index in [4.69, 9.17) is 30.4 Å². The number of imide groups is 1. The van der Waals surface area contributed by atoms with Gasteiger partial charge in [0, 0.05) is 20.8 Å². The Morgan fingerprint density at radius 3 is 2.17 bits per heavy atom. The summed E-state index contributed by atoms with van der Waals surface area (Å²) in [5, 5.41) is 2.01. The molecule has 2 aliphatic heterocycles. The van der Waals surface area contributed by atoms with Gasteiger partial charge in [-0.15, -0.1) is 0 Å². The van der Waals surface area contributed by atoms with Gasteiger partial charge in [0.1, 0.15) is 12.7 Å². The molecule has 0 saturated carbocycles. The van der Waals surface area contributed by atoms with E-state index in [1.807, 2.05) is 5.32 Å². The summed E-state index contributed by atoms with van der Waals surface area (Å²) in [6.07, 6.45) is -6.65. The minimum atomic E-state index is -1.51. The van der Waals surface area contributed by atoms with Crippen LogP contribution in [0.3, 0.4) is 0 Å². The maximum absolute atomic E-state index is 12.3. The van der Waals surface area contributed by atoms with Crippen molar-refractivity contribution in [3.05, 3.63) is 0 Å². The van der Waals surface area contributed by atoms with Crippen LogP contribution in [0.25, 0.3) is 0 Å². The van der Waals surface area contributed by atoms with Crippen LogP contribution in [0.2, 0.25) is 0 Å². The molecule has 0 spiro atoms. The Bertz CT molecular complexity index is 750. The number of guanidine groups is 1. The van der Waals surface area contributed by atoms with Crippen LogP contribution in [0, 0.1) is 0 Å². The number of nitrogens with two attached hydrogens (primary N) is 2. The maximum atomic E-state index is 12.3. The first-order valence-electron chi connectivity index (χ1n) is 8.36. The lowest BCUT2D eigenvalue weighted by Crippen LogP contribution is -2.51. The van der Waals surface area contributed by atoms with E-state index >= 15 is 0 Å². The van der Waals surface area contributed by atoms with Gasteiger partial charge in [-0.05, 0) is 0 Å². The van der Waals surface area contributed by atoms with Gasteiger partial charge in [-0.25, -0.2) is 9.79 Å². The second-order valence-corrected chi connectivity index (χ2v) is 6.15. The van der Waals surface area contributed by atoms with Gasteiger partial charge in [0.25, 0.3) is 5.91 Å². The molecule has 2 fully saturated rings. The minimum absolute atomic E-state index is 0.377. The average molecular weight is 415 g/mol. The van der Waals surface area contributed by atoms with Crippen molar-refractivity contribution in [2.24, 2.45) is 16.5 Å². The van der Waals surface area contributed by atoms with Crippen molar-refractivity contribution in [2.45, 2.75) is 51.5 Å². The van der Waals surface area contributed by atoms with Gasteiger partial charge < -0.3 is 30.4 Å². The largest absolute Gasteiger partial charge is 0.463 e. The van der Waals surface area contributed by atoms with Gasteiger partial charge in [0.15, 0.2) is 24.4 Å². The summed E-state index contributed by atoms with van der Waals surface area (Å²) in [6, 6.07) is -0.929. The summed E-state index contributed by atoms with van der Waals surface area (Å²) in [5.74, 6) is -3.50. The molecule has 3 amide bonds. The Hall–Kier alpha value is -3.42. The van der Waals surface area contributed by atoms with E-state index in [9.17, 15) is 24.0 Å². The number of hydrogen-bond acceptors (Lipinski definition) is 10. The van der Waals surface area contributed by atoms with Crippen LogP contribution in [-0.2, 0) is 38.1 Å². The monoisotopic (exact) mass is 415 g/mol. The number of urea groups is 1. The summed E-state index contributed by atoms with van der Waals surface area (Å²) in [7, 11) is 0. The third-order valence-electron chi connectivity index (χ3n) is 3.85. The number of ether oxygens (including phenoxy) is 4. The Kier molecular flexibility index (Phi) is 6.58. The van der Waals surface area contributed by atoms with Crippen molar-refractivity contribution in [3.8, 4) is 0 Å². The van der Waals surface area contributed by atoms with Crippen LogP contribution >= 0.6 is 0 Å². The lowest BCUT2D eigenvalue weighted by atomic mass is 10.1. The number of hydrogen-bond donors (Lipinski definition) is 3. The van der Waals surface area contributed by atoms with Crippen molar-refractivity contribution in [3.63, 3.8) is 0 Å². The number of nitrogens with one attached hydrogen (secondary N) is 1. The molecular formula is C15H21N5O9. The molecular weight excluding hydrogens is 394 g/mol. The molecule has 0 aromatic carbocycles. The van der Waals surface area contributed by atoms with Crippen LogP contribution in [0.4, 0.5) is 4.79 Å². The normalized spacial score (nSPS) is 28.5. The van der Waals surface area contributed by atoms with Gasteiger partial charge >= 0.3 is 23.9 Å². The Morgan fingerprint density at radius 1 is 1.07 bits per heavy atom. The Morgan fingerprint density at radius 2 is 1.66 bits per heavy atom. The molecule has 1 unspecified atom stereocenters. The van der Waals surface area contributed by atoms with E-state index in [2.05, 4.69) is 4.99 Å². The second-order valence-electron chi connectivity index (χ2n) is 6.15. The third kappa shape index (κ3) is 5.10. The number of nitrogens with zero attached hydrogens (tertiary/aromatic N) is 2. The van der Waals surface area contributed by atoms with E-state index in [1.165, 1.54) is 0 Å². The van der Waals surface area contributed by atoms with E-state index < -0.39 is 66.5 Å². The molecule has 2 rings (SSSR count). The maximum Gasteiger partial charge on any atom is 0.328 e. The zero-order valence-electron chi connectivity index (χ0n) is 15.8. The zero-order valence-corrected chi connectivity index (χ0v) is 15.8. The fourth-order valence-corrected chi connectivity index (χ4v) is 2.91. The standard InChI is InChI=1S/C15H21N5O9/c1-5(21)26-4-8-9(27-6(2)22)10(28-7(3)23)13(29-8)20-11(18-14(16)17)12(24)19-15(20)25/h8-11,13H,4H2,1-3H3,(H4,16,17,18)(H,19,24,25)/t8-,9-,10-,11?,13-/m1/s1. The fourth-order valence-electron chi connectivity index (χ4n) is 2.91. The van der Waals surface area contributed by atoms with Crippen molar-refractivity contribution < 1.29 is 42.9 Å². The number of esters is 3. The fraction of sp³-hybridized carbons (Fsp3) is 0.600. The number of aliphatic imine (C=N–C) groups is 1. The molecule has 14 nitrogen and oxygen atoms in total. The summed E-state index contributed by atoms with van der Waals surface area (Å²) in [5.41, 5.74) is 10.6. The lowest BCUT2D eigenvalue weighted by molar-refractivity contribution is -0.167. The molecule has 2 aliphatic rings. The summed E-state index contributed by atoms with van der Waals surface area (Å²) < 4.78 is 21.0. The highest BCUT2D eigenvalue weighted by molar-refractivity contribution is 6.05. The Labute approximate surface area is 164 Å². The van der Waals surface area contributed by atoms with Crippen LogP contribution in [0.15, 0.2) is 4.99 Å². The molecule has 0 bridgehead atoms. The van der Waals surface area contributed by atoms with Crippen LogP contribution < -0.4 is 16.8 Å². The van der Waals surface area contributed by atoms with Crippen molar-refractivity contribution in [2.75, 3.05) is 6.61 Å². The molecule has 5 N–H and O–H groups in total. The summed E-state index contributed by atoms with van der Waals surface area (Å²) in [4.78, 5) is 63.2. The molecule has 0 aromatic rings. The van der Waals surface area contributed by atoms with Crippen molar-refractivity contribution in [1.29, 1.82) is 0 Å². The first kappa shape index (κ1) is 21.9. The number of carbonyl (C=O) groups excluding carboxylic acids is 5. The van der Waals surface area contributed by atoms with Crippen LogP contribution in [-0.4, -0.2) is 78.0 Å². The summed E-state index contributed by atoms with van der Waals surface area (Å²) >= 11 is 0. The smallest absolute Gasteiger partial charge is 0.328 e.